The lowest BCUT2D eigenvalue weighted by atomic mass is 10.3. The number of rotatable bonds is 1. The van der Waals surface area contributed by atoms with Gasteiger partial charge in [0.2, 0.25) is 3.83 Å². The molecule has 1 aromatic carbocycles. The van der Waals surface area contributed by atoms with E-state index in [0.717, 1.165) is 11.5 Å². The zero-order valence-electron chi connectivity index (χ0n) is 7.41. The van der Waals surface area contributed by atoms with Crippen molar-refractivity contribution >= 4 is 22.6 Å². The molecule has 0 saturated heterocycles. The summed E-state index contributed by atoms with van der Waals surface area (Å²) in [5, 5.41) is 4.18. The largest absolute Gasteiger partial charge is 0.217 e. The fraction of sp³-hybridized carbons (Fsp3) is 0.111. The lowest BCUT2D eigenvalue weighted by Crippen LogP contribution is -1.98. The summed E-state index contributed by atoms with van der Waals surface area (Å²) in [4.78, 5) is 4.15. The van der Waals surface area contributed by atoms with Crippen LogP contribution in [-0.2, 0) is 0 Å². The first kappa shape index (κ1) is 9.57. The molecule has 1 heterocycles. The molecule has 3 nitrogen and oxygen atoms in total. The highest BCUT2D eigenvalue weighted by atomic mass is 127. The van der Waals surface area contributed by atoms with Crippen LogP contribution in [0, 0.1) is 16.6 Å². The molecule has 0 fully saturated rings. The zero-order chi connectivity index (χ0) is 10.1. The second-order valence-electron chi connectivity index (χ2n) is 2.82. The highest BCUT2D eigenvalue weighted by Crippen LogP contribution is 2.10. The molecule has 0 bridgehead atoms. The van der Waals surface area contributed by atoms with Crippen LogP contribution in [0.2, 0.25) is 0 Å². The monoisotopic (exact) mass is 303 g/mol. The third-order valence-electron chi connectivity index (χ3n) is 1.81. The van der Waals surface area contributed by atoms with E-state index < -0.39 is 0 Å². The minimum atomic E-state index is -0.249. The first-order chi connectivity index (χ1) is 6.66. The molecule has 72 valence electrons. The molecule has 0 atom stereocenters. The van der Waals surface area contributed by atoms with Crippen molar-refractivity contribution in [3.8, 4) is 5.69 Å². The summed E-state index contributed by atoms with van der Waals surface area (Å²) in [6, 6.07) is 6.16. The van der Waals surface area contributed by atoms with Gasteiger partial charge in [0.15, 0.2) is 0 Å². The Balaban J connectivity index is 2.49. The van der Waals surface area contributed by atoms with E-state index in [2.05, 4.69) is 10.1 Å². The molecule has 14 heavy (non-hydrogen) atoms. The minimum absolute atomic E-state index is 0.249. The number of halogens is 2. The number of hydrogen-bond donors (Lipinski definition) is 0. The fourth-order valence-electron chi connectivity index (χ4n) is 1.18. The molecular weight excluding hydrogens is 296 g/mol. The van der Waals surface area contributed by atoms with Crippen LogP contribution in [0.5, 0.6) is 0 Å². The molecule has 0 aliphatic carbocycles. The highest BCUT2D eigenvalue weighted by Gasteiger charge is 2.04. The Kier molecular flexibility index (Phi) is 2.49. The van der Waals surface area contributed by atoms with E-state index in [0.29, 0.717) is 3.83 Å². The lowest BCUT2D eigenvalue weighted by molar-refractivity contribution is 0.627. The van der Waals surface area contributed by atoms with E-state index in [1.54, 1.807) is 16.8 Å². The number of aryl methyl sites for hydroxylation is 1. The maximum Gasteiger partial charge on any atom is 0.212 e. The van der Waals surface area contributed by atoms with Crippen LogP contribution in [0.1, 0.15) is 5.82 Å². The molecule has 2 rings (SSSR count). The molecule has 0 N–H and O–H groups in total. The van der Waals surface area contributed by atoms with Gasteiger partial charge in [-0.25, -0.2) is 14.1 Å². The van der Waals surface area contributed by atoms with Crippen molar-refractivity contribution < 1.29 is 4.39 Å². The van der Waals surface area contributed by atoms with E-state index in [4.69, 9.17) is 0 Å². The first-order valence-electron chi connectivity index (χ1n) is 4.02. The molecule has 0 unspecified atom stereocenters. The predicted octanol–water partition coefficient (Wildman–Crippen LogP) is 2.32. The Morgan fingerprint density at radius 1 is 1.29 bits per heavy atom. The van der Waals surface area contributed by atoms with Gasteiger partial charge in [-0.1, -0.05) is 0 Å². The van der Waals surface area contributed by atoms with Crippen molar-refractivity contribution in [2.24, 2.45) is 0 Å². The van der Waals surface area contributed by atoms with Crippen LogP contribution >= 0.6 is 22.6 Å². The summed E-state index contributed by atoms with van der Waals surface area (Å²) in [5.41, 5.74) is 0.819. The van der Waals surface area contributed by atoms with Gasteiger partial charge in [-0.15, -0.1) is 5.10 Å². The van der Waals surface area contributed by atoms with Crippen LogP contribution < -0.4 is 0 Å². The van der Waals surface area contributed by atoms with E-state index in [1.165, 1.54) is 12.1 Å². The summed E-state index contributed by atoms with van der Waals surface area (Å²) in [6.07, 6.45) is 0. The van der Waals surface area contributed by atoms with Gasteiger partial charge in [-0.2, -0.15) is 0 Å². The molecule has 1 aromatic heterocycles. The standard InChI is InChI=1S/C9H7FIN3/c1-6-12-9(11)13-14(6)8-4-2-7(10)3-5-8/h2-5H,1H3. The summed E-state index contributed by atoms with van der Waals surface area (Å²) in [6.45, 7) is 1.86. The molecule has 0 radical (unpaired) electrons. The van der Waals surface area contributed by atoms with E-state index in [9.17, 15) is 4.39 Å². The average molecular weight is 303 g/mol. The van der Waals surface area contributed by atoms with Crippen molar-refractivity contribution in [1.82, 2.24) is 14.8 Å². The van der Waals surface area contributed by atoms with Gasteiger partial charge in [0.25, 0.3) is 0 Å². The van der Waals surface area contributed by atoms with Crippen molar-refractivity contribution in [3.05, 3.63) is 39.7 Å². The Labute approximate surface area is 94.1 Å². The van der Waals surface area contributed by atoms with Crippen molar-refractivity contribution in [2.45, 2.75) is 6.92 Å². The van der Waals surface area contributed by atoms with Gasteiger partial charge < -0.3 is 0 Å². The molecule has 0 saturated carbocycles. The Hall–Kier alpha value is -0.980. The Bertz CT molecular complexity index is 450. The minimum Gasteiger partial charge on any atom is -0.217 e. The van der Waals surface area contributed by atoms with Crippen LogP contribution in [0.25, 0.3) is 5.69 Å². The maximum atomic E-state index is 12.7. The van der Waals surface area contributed by atoms with E-state index in [1.807, 2.05) is 29.5 Å². The van der Waals surface area contributed by atoms with Gasteiger partial charge in [-0.05, 0) is 31.2 Å². The van der Waals surface area contributed by atoms with Gasteiger partial charge >= 0.3 is 0 Å². The highest BCUT2D eigenvalue weighted by molar-refractivity contribution is 14.1. The molecular formula is C9H7FIN3. The quantitative estimate of drug-likeness (QED) is 0.757. The Morgan fingerprint density at radius 3 is 2.43 bits per heavy atom. The smallest absolute Gasteiger partial charge is 0.212 e. The number of aromatic nitrogens is 3. The SMILES string of the molecule is Cc1nc(I)nn1-c1ccc(F)cc1. The molecule has 0 aliphatic heterocycles. The number of benzene rings is 1. The molecule has 2 aromatic rings. The fourth-order valence-corrected chi connectivity index (χ4v) is 1.75. The maximum absolute atomic E-state index is 12.7. The summed E-state index contributed by atoms with van der Waals surface area (Å²) >= 11 is 2.04. The van der Waals surface area contributed by atoms with Crippen LogP contribution in [0.4, 0.5) is 4.39 Å². The first-order valence-corrected chi connectivity index (χ1v) is 5.10. The summed E-state index contributed by atoms with van der Waals surface area (Å²) < 4.78 is 15.0. The normalized spacial score (nSPS) is 10.5. The van der Waals surface area contributed by atoms with Crippen molar-refractivity contribution in [3.63, 3.8) is 0 Å². The van der Waals surface area contributed by atoms with E-state index in [-0.39, 0.29) is 5.82 Å². The third-order valence-corrected chi connectivity index (χ3v) is 2.27. The lowest BCUT2D eigenvalue weighted by Gasteiger charge is -2.01. The number of nitrogens with zero attached hydrogens (tertiary/aromatic N) is 3. The topological polar surface area (TPSA) is 30.7 Å². The zero-order valence-corrected chi connectivity index (χ0v) is 9.56. The van der Waals surface area contributed by atoms with Gasteiger partial charge in [0, 0.05) is 22.6 Å². The molecule has 5 heteroatoms. The summed E-state index contributed by atoms with van der Waals surface area (Å²) in [7, 11) is 0. The van der Waals surface area contributed by atoms with Gasteiger partial charge in [0.05, 0.1) is 5.69 Å². The second-order valence-corrected chi connectivity index (χ2v) is 3.78. The molecule has 0 aliphatic rings. The van der Waals surface area contributed by atoms with Crippen LogP contribution in [-0.4, -0.2) is 14.8 Å². The van der Waals surface area contributed by atoms with Gasteiger partial charge in [-0.3, -0.25) is 0 Å². The van der Waals surface area contributed by atoms with Crippen molar-refractivity contribution in [1.29, 1.82) is 0 Å². The summed E-state index contributed by atoms with van der Waals surface area (Å²) in [5.74, 6) is 0.544. The predicted molar refractivity (Wildman–Crippen MR) is 58.8 cm³/mol. The molecule has 0 amide bonds. The van der Waals surface area contributed by atoms with E-state index >= 15 is 0 Å². The number of hydrogen-bond acceptors (Lipinski definition) is 2. The van der Waals surface area contributed by atoms with Gasteiger partial charge in [0.1, 0.15) is 11.6 Å². The molecule has 0 spiro atoms. The third kappa shape index (κ3) is 1.77. The van der Waals surface area contributed by atoms with Crippen molar-refractivity contribution in [2.75, 3.05) is 0 Å². The second kappa shape index (κ2) is 3.64. The van der Waals surface area contributed by atoms with Crippen LogP contribution in [0.3, 0.4) is 0 Å². The van der Waals surface area contributed by atoms with Crippen LogP contribution in [0.15, 0.2) is 24.3 Å². The average Bonchev–Trinajstić information content (AvgIpc) is 2.47. The Morgan fingerprint density at radius 2 is 1.93 bits per heavy atom.